The molecule has 1 aromatic carbocycles. The number of benzene rings is 1. The standard InChI is InChI=1S/C14H17FN2O3/c1-20-13(18)6-12(9-2-4-11(15)5-3-9)17-14(19)10-7-16-8-10/h2-5,10,12,16H,6-8H2,1H3,(H,17,19). The summed E-state index contributed by atoms with van der Waals surface area (Å²) in [5.74, 6) is -0.968. The van der Waals surface area contributed by atoms with Gasteiger partial charge >= 0.3 is 5.97 Å². The van der Waals surface area contributed by atoms with Crippen LogP contribution in [-0.2, 0) is 14.3 Å². The van der Waals surface area contributed by atoms with Gasteiger partial charge in [0.15, 0.2) is 0 Å². The number of carbonyl (C=O) groups excluding carboxylic acids is 2. The second-order valence-electron chi connectivity index (χ2n) is 4.75. The van der Waals surface area contributed by atoms with Gasteiger partial charge in [-0.15, -0.1) is 0 Å². The third-order valence-electron chi connectivity index (χ3n) is 3.34. The van der Waals surface area contributed by atoms with Gasteiger partial charge in [0.25, 0.3) is 0 Å². The Hall–Kier alpha value is -1.95. The van der Waals surface area contributed by atoms with E-state index in [1.54, 1.807) is 12.1 Å². The van der Waals surface area contributed by atoms with Crippen molar-refractivity contribution < 1.29 is 18.7 Å². The number of halogens is 1. The van der Waals surface area contributed by atoms with E-state index in [-0.39, 0.29) is 24.1 Å². The van der Waals surface area contributed by atoms with Crippen molar-refractivity contribution in [2.24, 2.45) is 5.92 Å². The van der Waals surface area contributed by atoms with E-state index in [0.29, 0.717) is 18.7 Å². The lowest BCUT2D eigenvalue weighted by Gasteiger charge is -2.28. The van der Waals surface area contributed by atoms with Crippen molar-refractivity contribution in [3.05, 3.63) is 35.6 Å². The Morgan fingerprint density at radius 3 is 2.55 bits per heavy atom. The fourth-order valence-corrected chi connectivity index (χ4v) is 1.96. The molecular formula is C14H17FN2O3. The summed E-state index contributed by atoms with van der Waals surface area (Å²) < 4.78 is 17.6. The molecule has 0 aromatic heterocycles. The molecule has 1 atom stereocenters. The number of rotatable bonds is 5. The topological polar surface area (TPSA) is 67.4 Å². The van der Waals surface area contributed by atoms with Gasteiger partial charge in [0.2, 0.25) is 5.91 Å². The summed E-state index contributed by atoms with van der Waals surface area (Å²) in [6.07, 6.45) is 0.0218. The molecule has 6 heteroatoms. The van der Waals surface area contributed by atoms with E-state index in [1.165, 1.54) is 19.2 Å². The van der Waals surface area contributed by atoms with E-state index in [4.69, 9.17) is 0 Å². The fourth-order valence-electron chi connectivity index (χ4n) is 1.96. The monoisotopic (exact) mass is 280 g/mol. The number of hydrogen-bond acceptors (Lipinski definition) is 4. The first-order chi connectivity index (χ1) is 9.60. The van der Waals surface area contributed by atoms with Crippen molar-refractivity contribution in [2.45, 2.75) is 12.5 Å². The van der Waals surface area contributed by atoms with Gasteiger partial charge in [-0.1, -0.05) is 12.1 Å². The SMILES string of the molecule is COC(=O)CC(NC(=O)C1CNC1)c1ccc(F)cc1. The predicted octanol–water partition coefficient (Wildman–Crippen LogP) is 0.765. The third kappa shape index (κ3) is 3.54. The molecule has 1 aliphatic heterocycles. The lowest BCUT2D eigenvalue weighted by Crippen LogP contribution is -2.51. The molecule has 5 nitrogen and oxygen atoms in total. The molecule has 1 unspecified atom stereocenters. The van der Waals surface area contributed by atoms with Gasteiger partial charge in [-0.3, -0.25) is 9.59 Å². The van der Waals surface area contributed by atoms with Gasteiger partial charge in [-0.05, 0) is 17.7 Å². The molecule has 108 valence electrons. The number of esters is 1. The van der Waals surface area contributed by atoms with Crippen LogP contribution in [0.3, 0.4) is 0 Å². The highest BCUT2D eigenvalue weighted by atomic mass is 19.1. The van der Waals surface area contributed by atoms with E-state index in [0.717, 1.165) is 0 Å². The molecule has 0 saturated carbocycles. The van der Waals surface area contributed by atoms with Gasteiger partial charge in [0.1, 0.15) is 5.82 Å². The lowest BCUT2D eigenvalue weighted by atomic mass is 9.99. The van der Waals surface area contributed by atoms with Crippen LogP contribution < -0.4 is 10.6 Å². The van der Waals surface area contributed by atoms with Crippen LogP contribution in [0, 0.1) is 11.7 Å². The Labute approximate surface area is 116 Å². The molecule has 1 saturated heterocycles. The molecule has 0 spiro atoms. The average Bonchev–Trinajstić information content (AvgIpc) is 2.36. The predicted molar refractivity (Wildman–Crippen MR) is 70.3 cm³/mol. The average molecular weight is 280 g/mol. The minimum absolute atomic E-state index is 0.0218. The normalized spacial score (nSPS) is 16.1. The molecule has 1 aliphatic rings. The summed E-state index contributed by atoms with van der Waals surface area (Å²) in [4.78, 5) is 23.4. The van der Waals surface area contributed by atoms with E-state index in [9.17, 15) is 14.0 Å². The highest BCUT2D eigenvalue weighted by Crippen LogP contribution is 2.19. The Bertz CT molecular complexity index is 486. The third-order valence-corrected chi connectivity index (χ3v) is 3.34. The van der Waals surface area contributed by atoms with Crippen LogP contribution in [0.1, 0.15) is 18.0 Å². The zero-order valence-corrected chi connectivity index (χ0v) is 11.2. The second kappa shape index (κ2) is 6.47. The highest BCUT2D eigenvalue weighted by molar-refractivity contribution is 5.81. The van der Waals surface area contributed by atoms with Crippen LogP contribution in [0.25, 0.3) is 0 Å². The minimum atomic E-state index is -0.504. The second-order valence-corrected chi connectivity index (χ2v) is 4.75. The zero-order valence-electron chi connectivity index (χ0n) is 11.2. The molecule has 0 bridgehead atoms. The molecule has 1 aromatic rings. The summed E-state index contributed by atoms with van der Waals surface area (Å²) in [6, 6.07) is 5.22. The first-order valence-electron chi connectivity index (χ1n) is 6.43. The van der Waals surface area contributed by atoms with Crippen molar-refractivity contribution in [1.29, 1.82) is 0 Å². The van der Waals surface area contributed by atoms with Crippen molar-refractivity contribution in [3.63, 3.8) is 0 Å². The van der Waals surface area contributed by atoms with Crippen LogP contribution in [0.15, 0.2) is 24.3 Å². The highest BCUT2D eigenvalue weighted by Gasteiger charge is 2.28. The Morgan fingerprint density at radius 1 is 1.40 bits per heavy atom. The molecule has 1 fully saturated rings. The van der Waals surface area contributed by atoms with E-state index in [2.05, 4.69) is 15.4 Å². The number of amides is 1. The zero-order chi connectivity index (χ0) is 14.5. The molecule has 2 N–H and O–H groups in total. The maximum Gasteiger partial charge on any atom is 0.307 e. The van der Waals surface area contributed by atoms with E-state index in [1.807, 2.05) is 0 Å². The largest absolute Gasteiger partial charge is 0.469 e. The van der Waals surface area contributed by atoms with Gasteiger partial charge in [0, 0.05) is 13.1 Å². The van der Waals surface area contributed by atoms with Crippen molar-refractivity contribution in [2.75, 3.05) is 20.2 Å². The van der Waals surface area contributed by atoms with Gasteiger partial charge < -0.3 is 15.4 Å². The van der Waals surface area contributed by atoms with Crippen molar-refractivity contribution in [1.82, 2.24) is 10.6 Å². The number of nitrogens with one attached hydrogen (secondary N) is 2. The van der Waals surface area contributed by atoms with Crippen LogP contribution in [-0.4, -0.2) is 32.1 Å². The van der Waals surface area contributed by atoms with Gasteiger partial charge in [0.05, 0.1) is 25.5 Å². The molecule has 1 heterocycles. The molecule has 1 amide bonds. The van der Waals surface area contributed by atoms with E-state index < -0.39 is 12.0 Å². The number of carbonyl (C=O) groups is 2. The van der Waals surface area contributed by atoms with Crippen molar-refractivity contribution >= 4 is 11.9 Å². The van der Waals surface area contributed by atoms with E-state index >= 15 is 0 Å². The van der Waals surface area contributed by atoms with Crippen LogP contribution >= 0.6 is 0 Å². The quantitative estimate of drug-likeness (QED) is 0.782. The first-order valence-corrected chi connectivity index (χ1v) is 6.43. The van der Waals surface area contributed by atoms with Gasteiger partial charge in [-0.25, -0.2) is 4.39 Å². The van der Waals surface area contributed by atoms with Gasteiger partial charge in [-0.2, -0.15) is 0 Å². The van der Waals surface area contributed by atoms with Crippen LogP contribution in [0.2, 0.25) is 0 Å². The summed E-state index contributed by atoms with van der Waals surface area (Å²) >= 11 is 0. The molecular weight excluding hydrogens is 263 g/mol. The molecule has 0 aliphatic carbocycles. The molecule has 2 rings (SSSR count). The van der Waals surface area contributed by atoms with Crippen LogP contribution in [0.5, 0.6) is 0 Å². The maximum absolute atomic E-state index is 12.9. The lowest BCUT2D eigenvalue weighted by molar-refractivity contribution is -0.141. The fraction of sp³-hybridized carbons (Fsp3) is 0.429. The molecule has 0 radical (unpaired) electrons. The number of ether oxygens (including phenoxy) is 1. The smallest absolute Gasteiger partial charge is 0.307 e. The summed E-state index contributed by atoms with van der Waals surface area (Å²) in [6.45, 7) is 1.28. The maximum atomic E-state index is 12.9. The summed E-state index contributed by atoms with van der Waals surface area (Å²) in [5, 5.41) is 5.83. The summed E-state index contributed by atoms with van der Waals surface area (Å²) in [5.41, 5.74) is 0.678. The Morgan fingerprint density at radius 2 is 2.05 bits per heavy atom. The van der Waals surface area contributed by atoms with Crippen molar-refractivity contribution in [3.8, 4) is 0 Å². The Balaban J connectivity index is 2.08. The Kier molecular flexibility index (Phi) is 4.68. The molecule has 20 heavy (non-hydrogen) atoms. The summed E-state index contributed by atoms with van der Waals surface area (Å²) in [7, 11) is 1.29. The first kappa shape index (κ1) is 14.5. The number of methoxy groups -OCH3 is 1. The minimum Gasteiger partial charge on any atom is -0.469 e. The number of hydrogen-bond donors (Lipinski definition) is 2. The van der Waals surface area contributed by atoms with Crippen LogP contribution in [0.4, 0.5) is 4.39 Å².